The van der Waals surface area contributed by atoms with E-state index in [9.17, 15) is 10.2 Å². The third kappa shape index (κ3) is 2.27. The molecule has 3 rings (SSSR count). The lowest BCUT2D eigenvalue weighted by Crippen LogP contribution is -2.04. The van der Waals surface area contributed by atoms with Crippen molar-refractivity contribution in [2.75, 3.05) is 12.4 Å². The first kappa shape index (κ1) is 13.0. The smallest absolute Gasteiger partial charge is 0.182 e. The lowest BCUT2D eigenvalue weighted by Gasteiger charge is -2.13. The number of aromatic hydroxyl groups is 2. The molecule has 0 saturated heterocycles. The van der Waals surface area contributed by atoms with E-state index >= 15 is 0 Å². The Bertz CT molecular complexity index is 787. The summed E-state index contributed by atoms with van der Waals surface area (Å²) in [7, 11) is 1.43. The van der Waals surface area contributed by atoms with E-state index in [0.717, 1.165) is 0 Å². The Morgan fingerprint density at radius 2 is 2.00 bits per heavy atom. The van der Waals surface area contributed by atoms with Crippen LogP contribution in [0.4, 0.5) is 5.82 Å². The summed E-state index contributed by atoms with van der Waals surface area (Å²) in [6.07, 6.45) is 2.92. The van der Waals surface area contributed by atoms with Crippen LogP contribution in [0, 0.1) is 0 Å². The van der Waals surface area contributed by atoms with Crippen LogP contribution >= 0.6 is 0 Å². The summed E-state index contributed by atoms with van der Waals surface area (Å²) in [6.45, 7) is 0.217. The van der Waals surface area contributed by atoms with Gasteiger partial charge in [0.25, 0.3) is 0 Å². The number of aromatic amines is 1. The van der Waals surface area contributed by atoms with Crippen LogP contribution < -0.4 is 10.1 Å². The number of anilines is 1. The van der Waals surface area contributed by atoms with Crippen molar-refractivity contribution in [2.45, 2.75) is 6.54 Å². The largest absolute Gasteiger partial charge is 0.507 e. The van der Waals surface area contributed by atoms with Gasteiger partial charge in [0.2, 0.25) is 0 Å². The molecule has 8 nitrogen and oxygen atoms in total. The first-order valence-corrected chi connectivity index (χ1v) is 6.16. The molecule has 1 aromatic carbocycles. The Morgan fingerprint density at radius 3 is 2.81 bits per heavy atom. The van der Waals surface area contributed by atoms with Gasteiger partial charge in [0, 0.05) is 6.54 Å². The van der Waals surface area contributed by atoms with Gasteiger partial charge in [-0.25, -0.2) is 15.0 Å². The van der Waals surface area contributed by atoms with Gasteiger partial charge in [0.05, 0.1) is 19.0 Å². The van der Waals surface area contributed by atoms with Gasteiger partial charge < -0.3 is 25.3 Å². The normalized spacial score (nSPS) is 10.7. The van der Waals surface area contributed by atoms with Gasteiger partial charge in [0.1, 0.15) is 17.6 Å². The Hall–Kier alpha value is -3.03. The van der Waals surface area contributed by atoms with Gasteiger partial charge in [-0.15, -0.1) is 0 Å². The van der Waals surface area contributed by atoms with Gasteiger partial charge in [0.15, 0.2) is 23.0 Å². The zero-order valence-corrected chi connectivity index (χ0v) is 11.2. The zero-order valence-electron chi connectivity index (χ0n) is 11.2. The molecular weight excluding hydrogens is 274 g/mol. The van der Waals surface area contributed by atoms with E-state index in [1.54, 1.807) is 0 Å². The number of phenols is 2. The van der Waals surface area contributed by atoms with Crippen LogP contribution in [0.3, 0.4) is 0 Å². The summed E-state index contributed by atoms with van der Waals surface area (Å²) in [6, 6.07) is 2.77. The summed E-state index contributed by atoms with van der Waals surface area (Å²) >= 11 is 0. The first-order valence-electron chi connectivity index (χ1n) is 6.16. The lowest BCUT2D eigenvalue weighted by molar-refractivity contribution is 0.363. The van der Waals surface area contributed by atoms with Gasteiger partial charge in [-0.2, -0.15) is 0 Å². The van der Waals surface area contributed by atoms with Crippen LogP contribution in [0.25, 0.3) is 11.2 Å². The molecule has 21 heavy (non-hydrogen) atoms. The van der Waals surface area contributed by atoms with Crippen LogP contribution in [0.1, 0.15) is 5.56 Å². The molecule has 0 fully saturated rings. The average molecular weight is 287 g/mol. The van der Waals surface area contributed by atoms with Crippen molar-refractivity contribution in [2.24, 2.45) is 0 Å². The van der Waals surface area contributed by atoms with Gasteiger partial charge >= 0.3 is 0 Å². The number of rotatable bonds is 4. The highest BCUT2D eigenvalue weighted by Gasteiger charge is 2.14. The maximum atomic E-state index is 9.91. The van der Waals surface area contributed by atoms with Crippen molar-refractivity contribution in [3.8, 4) is 17.2 Å². The molecular formula is C13H13N5O3. The van der Waals surface area contributed by atoms with Gasteiger partial charge in [-0.05, 0) is 12.1 Å². The molecule has 0 bridgehead atoms. The van der Waals surface area contributed by atoms with E-state index in [2.05, 4.69) is 25.3 Å². The van der Waals surface area contributed by atoms with Crippen LogP contribution in [-0.2, 0) is 6.54 Å². The summed E-state index contributed by atoms with van der Waals surface area (Å²) in [5.74, 6) is 0.744. The molecule has 2 heterocycles. The molecule has 0 aliphatic rings. The molecule has 4 N–H and O–H groups in total. The molecule has 0 atom stereocenters. The number of imidazole rings is 1. The van der Waals surface area contributed by atoms with Crippen LogP contribution in [0.5, 0.6) is 17.2 Å². The fourth-order valence-corrected chi connectivity index (χ4v) is 2.07. The molecule has 8 heteroatoms. The fourth-order valence-electron chi connectivity index (χ4n) is 2.07. The standard InChI is InChI=1S/C13H13N5O3/c1-21-11-7(8(19)2-3-9(11)20)4-14-12-10-13(16-5-15-10)18-6-17-12/h2-3,5-6,19-20H,4H2,1H3,(H2,14,15,16,17,18). The van der Waals surface area contributed by atoms with E-state index in [1.807, 2.05) is 0 Å². The average Bonchev–Trinajstić information content (AvgIpc) is 2.97. The number of fused-ring (bicyclic) bond motifs is 1. The minimum absolute atomic E-state index is 0.0204. The highest BCUT2D eigenvalue weighted by Crippen LogP contribution is 2.36. The fraction of sp³-hybridized carbons (Fsp3) is 0.154. The SMILES string of the molecule is COc1c(O)ccc(O)c1CNc1ncnc2nc[nH]c12. The van der Waals surface area contributed by atoms with Crippen molar-refractivity contribution in [1.29, 1.82) is 0 Å². The molecule has 2 aromatic heterocycles. The van der Waals surface area contributed by atoms with Gasteiger partial charge in [-0.1, -0.05) is 0 Å². The number of methoxy groups -OCH3 is 1. The third-order valence-corrected chi connectivity index (χ3v) is 3.07. The summed E-state index contributed by atoms with van der Waals surface area (Å²) in [5, 5.41) is 22.7. The Morgan fingerprint density at radius 1 is 1.19 bits per heavy atom. The lowest BCUT2D eigenvalue weighted by atomic mass is 10.1. The topological polar surface area (TPSA) is 116 Å². The van der Waals surface area contributed by atoms with E-state index in [1.165, 1.54) is 31.9 Å². The Labute approximate surface area is 119 Å². The second-order valence-corrected chi connectivity index (χ2v) is 4.29. The number of phenolic OH excluding ortho intramolecular Hbond substituents is 2. The number of hydrogen-bond acceptors (Lipinski definition) is 7. The summed E-state index contributed by atoms with van der Waals surface area (Å²) in [5.41, 5.74) is 1.64. The number of H-pyrrole nitrogens is 1. The molecule has 3 aromatic rings. The van der Waals surface area contributed by atoms with E-state index in [0.29, 0.717) is 22.5 Å². The molecule has 108 valence electrons. The van der Waals surface area contributed by atoms with Crippen molar-refractivity contribution in [3.05, 3.63) is 30.4 Å². The Kier molecular flexibility index (Phi) is 3.19. The van der Waals surface area contributed by atoms with E-state index < -0.39 is 0 Å². The Balaban J connectivity index is 1.92. The zero-order chi connectivity index (χ0) is 14.8. The highest BCUT2D eigenvalue weighted by molar-refractivity contribution is 5.82. The van der Waals surface area contributed by atoms with Crippen molar-refractivity contribution in [1.82, 2.24) is 19.9 Å². The van der Waals surface area contributed by atoms with Crippen molar-refractivity contribution in [3.63, 3.8) is 0 Å². The summed E-state index contributed by atoms with van der Waals surface area (Å²) < 4.78 is 5.11. The highest BCUT2D eigenvalue weighted by atomic mass is 16.5. The minimum atomic E-state index is -0.0403. The monoisotopic (exact) mass is 287 g/mol. The number of hydrogen-bond donors (Lipinski definition) is 4. The van der Waals surface area contributed by atoms with Crippen LogP contribution in [0.2, 0.25) is 0 Å². The number of nitrogens with zero attached hydrogens (tertiary/aromatic N) is 3. The van der Waals surface area contributed by atoms with Crippen LogP contribution in [-0.4, -0.2) is 37.3 Å². The summed E-state index contributed by atoms with van der Waals surface area (Å²) in [4.78, 5) is 15.1. The maximum absolute atomic E-state index is 9.91. The minimum Gasteiger partial charge on any atom is -0.507 e. The van der Waals surface area contributed by atoms with E-state index in [4.69, 9.17) is 4.74 Å². The number of aromatic nitrogens is 4. The van der Waals surface area contributed by atoms with Crippen molar-refractivity contribution >= 4 is 17.0 Å². The quantitative estimate of drug-likeness (QED) is 0.536. The van der Waals surface area contributed by atoms with Crippen molar-refractivity contribution < 1.29 is 14.9 Å². The molecule has 0 amide bonds. The van der Waals surface area contributed by atoms with Gasteiger partial charge in [-0.3, -0.25) is 0 Å². The molecule has 0 aliphatic carbocycles. The maximum Gasteiger partial charge on any atom is 0.182 e. The second kappa shape index (κ2) is 5.16. The first-order chi connectivity index (χ1) is 10.2. The predicted octanol–water partition coefficient (Wildman–Crippen LogP) is 1.38. The second-order valence-electron chi connectivity index (χ2n) is 4.29. The van der Waals surface area contributed by atoms with Crippen LogP contribution in [0.15, 0.2) is 24.8 Å². The molecule has 0 spiro atoms. The predicted molar refractivity (Wildman–Crippen MR) is 75.3 cm³/mol. The van der Waals surface area contributed by atoms with E-state index in [-0.39, 0.29) is 23.8 Å². The number of benzene rings is 1. The molecule has 0 radical (unpaired) electrons. The molecule has 0 unspecified atom stereocenters. The molecule has 0 saturated carbocycles. The number of ether oxygens (including phenoxy) is 1. The number of nitrogens with one attached hydrogen (secondary N) is 2. The third-order valence-electron chi connectivity index (χ3n) is 3.07. The molecule has 0 aliphatic heterocycles.